The van der Waals surface area contributed by atoms with Gasteiger partial charge in [-0.1, -0.05) is 19.4 Å². The first-order valence-electron chi connectivity index (χ1n) is 6.27. The van der Waals surface area contributed by atoms with Crippen molar-refractivity contribution in [2.45, 2.75) is 19.4 Å². The molecule has 0 amide bonds. The second kappa shape index (κ2) is 5.37. The van der Waals surface area contributed by atoms with E-state index >= 15 is 0 Å². The summed E-state index contributed by atoms with van der Waals surface area (Å²) in [5.41, 5.74) is 8.79. The van der Waals surface area contributed by atoms with Crippen LogP contribution in [0.3, 0.4) is 0 Å². The van der Waals surface area contributed by atoms with Gasteiger partial charge in [0.05, 0.1) is 11.0 Å². The van der Waals surface area contributed by atoms with E-state index in [0.29, 0.717) is 5.92 Å². The number of benzene rings is 1. The highest BCUT2D eigenvalue weighted by Gasteiger charge is 2.17. The molecule has 2 rings (SSSR count). The summed E-state index contributed by atoms with van der Waals surface area (Å²) in [6, 6.07) is 5.81. The van der Waals surface area contributed by atoms with Crippen molar-refractivity contribution in [2.24, 2.45) is 11.7 Å². The molecular formula is C13H20N4O. The molecule has 5 nitrogen and oxygen atoms in total. The Kier molecular flexibility index (Phi) is 3.84. The van der Waals surface area contributed by atoms with E-state index in [1.807, 2.05) is 25.2 Å². The van der Waals surface area contributed by atoms with E-state index in [-0.39, 0.29) is 11.7 Å². The quantitative estimate of drug-likeness (QED) is 0.639. The van der Waals surface area contributed by atoms with Crippen LogP contribution in [0.1, 0.15) is 24.9 Å². The average molecular weight is 248 g/mol. The second-order valence-electron chi connectivity index (χ2n) is 4.64. The summed E-state index contributed by atoms with van der Waals surface area (Å²) < 4.78 is 0. The molecule has 2 aromatic rings. The number of H-pyrrole nitrogens is 2. The minimum atomic E-state index is -0.182. The summed E-state index contributed by atoms with van der Waals surface area (Å²) in [4.78, 5) is 16.7. The maximum absolute atomic E-state index is 11.2. The molecule has 0 radical (unpaired) electrons. The fraction of sp³-hybridized carbons (Fsp3) is 0.462. The molecule has 0 aliphatic heterocycles. The number of imidazole rings is 1. The van der Waals surface area contributed by atoms with Gasteiger partial charge in [-0.25, -0.2) is 4.79 Å². The summed E-state index contributed by atoms with van der Waals surface area (Å²) >= 11 is 0. The van der Waals surface area contributed by atoms with Crippen LogP contribution in [0.5, 0.6) is 0 Å². The Balaban J connectivity index is 2.31. The number of nitrogens with two attached hydrogens (primary N) is 1. The van der Waals surface area contributed by atoms with Crippen LogP contribution in [0.15, 0.2) is 23.0 Å². The van der Waals surface area contributed by atoms with Crippen LogP contribution in [-0.4, -0.2) is 23.6 Å². The zero-order valence-electron chi connectivity index (χ0n) is 10.8. The molecule has 0 bridgehead atoms. The molecule has 0 fully saturated rings. The van der Waals surface area contributed by atoms with E-state index in [9.17, 15) is 4.79 Å². The minimum absolute atomic E-state index is 0.0229. The zero-order valence-corrected chi connectivity index (χ0v) is 10.8. The molecule has 5 N–H and O–H groups in total. The Hall–Kier alpha value is -1.59. The van der Waals surface area contributed by atoms with Crippen LogP contribution in [0.4, 0.5) is 0 Å². The van der Waals surface area contributed by atoms with Crippen LogP contribution < -0.4 is 16.7 Å². The first-order chi connectivity index (χ1) is 8.65. The molecule has 2 unspecified atom stereocenters. The Bertz CT molecular complexity index is 572. The van der Waals surface area contributed by atoms with Gasteiger partial charge in [0.25, 0.3) is 0 Å². The van der Waals surface area contributed by atoms with Gasteiger partial charge in [0, 0.05) is 6.04 Å². The van der Waals surface area contributed by atoms with Crippen molar-refractivity contribution in [3.8, 4) is 0 Å². The first kappa shape index (κ1) is 12.9. The van der Waals surface area contributed by atoms with E-state index in [2.05, 4.69) is 22.2 Å². The lowest BCUT2D eigenvalue weighted by Crippen LogP contribution is -2.29. The van der Waals surface area contributed by atoms with Gasteiger partial charge in [-0.3, -0.25) is 0 Å². The van der Waals surface area contributed by atoms with Crippen LogP contribution in [0.2, 0.25) is 0 Å². The second-order valence-corrected chi connectivity index (χ2v) is 4.64. The van der Waals surface area contributed by atoms with Gasteiger partial charge in [-0.2, -0.15) is 0 Å². The Morgan fingerprint density at radius 2 is 2.06 bits per heavy atom. The van der Waals surface area contributed by atoms with Crippen molar-refractivity contribution in [1.82, 2.24) is 15.3 Å². The zero-order chi connectivity index (χ0) is 13.1. The maximum Gasteiger partial charge on any atom is 0.323 e. The number of hydrogen-bond acceptors (Lipinski definition) is 3. The number of aromatic amines is 2. The van der Waals surface area contributed by atoms with Crippen LogP contribution in [0, 0.1) is 5.92 Å². The fourth-order valence-electron chi connectivity index (χ4n) is 2.32. The predicted molar refractivity (Wildman–Crippen MR) is 73.6 cm³/mol. The molecule has 1 aromatic carbocycles. The Morgan fingerprint density at radius 1 is 1.33 bits per heavy atom. The minimum Gasteiger partial charge on any atom is -0.324 e. The van der Waals surface area contributed by atoms with Crippen molar-refractivity contribution >= 4 is 11.0 Å². The van der Waals surface area contributed by atoms with E-state index in [4.69, 9.17) is 5.73 Å². The molecule has 0 saturated heterocycles. The lowest BCUT2D eigenvalue weighted by molar-refractivity contribution is 0.403. The SMILES string of the molecule is CCC(CNC)C(N)c1ccc2[nH]c(=O)[nH]c2c1. The van der Waals surface area contributed by atoms with E-state index in [1.54, 1.807) is 0 Å². The highest BCUT2D eigenvalue weighted by molar-refractivity contribution is 5.75. The standard InChI is InChI=1S/C13H20N4O/c1-3-8(7-15-2)12(14)9-4-5-10-11(6-9)17-13(18)16-10/h4-6,8,12,15H,3,7,14H2,1-2H3,(H2,16,17,18). The van der Waals surface area contributed by atoms with Crippen molar-refractivity contribution < 1.29 is 0 Å². The lowest BCUT2D eigenvalue weighted by atomic mass is 9.91. The molecule has 0 aliphatic carbocycles. The van der Waals surface area contributed by atoms with Crippen molar-refractivity contribution in [2.75, 3.05) is 13.6 Å². The predicted octanol–water partition coefficient (Wildman–Crippen LogP) is 1.10. The highest BCUT2D eigenvalue weighted by Crippen LogP contribution is 2.23. The van der Waals surface area contributed by atoms with Gasteiger partial charge in [-0.15, -0.1) is 0 Å². The molecule has 18 heavy (non-hydrogen) atoms. The lowest BCUT2D eigenvalue weighted by Gasteiger charge is -2.22. The number of hydrogen-bond donors (Lipinski definition) is 4. The summed E-state index contributed by atoms with van der Waals surface area (Å²) in [6.07, 6.45) is 1.02. The third-order valence-electron chi connectivity index (χ3n) is 3.42. The normalized spacial score (nSPS) is 14.8. The number of nitrogens with one attached hydrogen (secondary N) is 3. The van der Waals surface area contributed by atoms with Gasteiger partial charge in [0.2, 0.25) is 0 Å². The van der Waals surface area contributed by atoms with Gasteiger partial charge in [0.1, 0.15) is 0 Å². The summed E-state index contributed by atoms with van der Waals surface area (Å²) in [5.74, 6) is 0.387. The molecule has 0 saturated carbocycles. The van der Waals surface area contributed by atoms with E-state index in [1.165, 1.54) is 0 Å². The summed E-state index contributed by atoms with van der Waals surface area (Å²) in [6.45, 7) is 3.03. The third-order valence-corrected chi connectivity index (χ3v) is 3.42. The summed E-state index contributed by atoms with van der Waals surface area (Å²) in [5, 5.41) is 3.17. The molecule has 0 spiro atoms. The molecular weight excluding hydrogens is 228 g/mol. The summed E-state index contributed by atoms with van der Waals surface area (Å²) in [7, 11) is 1.93. The Labute approximate surface area is 106 Å². The number of aromatic nitrogens is 2. The van der Waals surface area contributed by atoms with Gasteiger partial charge < -0.3 is 21.0 Å². The Morgan fingerprint density at radius 3 is 2.72 bits per heavy atom. The highest BCUT2D eigenvalue weighted by atomic mass is 16.1. The molecule has 0 aliphatic rings. The van der Waals surface area contributed by atoms with Crippen molar-refractivity contribution in [1.29, 1.82) is 0 Å². The van der Waals surface area contributed by atoms with E-state index < -0.39 is 0 Å². The smallest absolute Gasteiger partial charge is 0.323 e. The van der Waals surface area contributed by atoms with Crippen LogP contribution in [0.25, 0.3) is 11.0 Å². The average Bonchev–Trinajstić information content (AvgIpc) is 2.74. The molecule has 98 valence electrons. The topological polar surface area (TPSA) is 86.7 Å². The maximum atomic E-state index is 11.2. The third kappa shape index (κ3) is 2.47. The van der Waals surface area contributed by atoms with Crippen molar-refractivity contribution in [3.05, 3.63) is 34.2 Å². The number of rotatable bonds is 5. The molecule has 1 aromatic heterocycles. The molecule has 5 heteroatoms. The van der Waals surface area contributed by atoms with Gasteiger partial charge >= 0.3 is 5.69 Å². The monoisotopic (exact) mass is 248 g/mol. The van der Waals surface area contributed by atoms with Gasteiger partial charge in [0.15, 0.2) is 0 Å². The largest absolute Gasteiger partial charge is 0.324 e. The van der Waals surface area contributed by atoms with Crippen molar-refractivity contribution in [3.63, 3.8) is 0 Å². The van der Waals surface area contributed by atoms with Crippen LogP contribution >= 0.6 is 0 Å². The van der Waals surface area contributed by atoms with E-state index in [0.717, 1.165) is 29.6 Å². The van der Waals surface area contributed by atoms with Gasteiger partial charge in [-0.05, 0) is 37.2 Å². The molecule has 1 heterocycles. The van der Waals surface area contributed by atoms with Crippen LogP contribution in [-0.2, 0) is 0 Å². The first-order valence-corrected chi connectivity index (χ1v) is 6.27. The number of fused-ring (bicyclic) bond motifs is 1. The fourth-order valence-corrected chi connectivity index (χ4v) is 2.32. The molecule has 2 atom stereocenters.